The molecule has 0 atom stereocenters. The van der Waals surface area contributed by atoms with Gasteiger partial charge in [-0.25, -0.2) is 14.4 Å². The fraction of sp³-hybridized carbons (Fsp3) is 0.0588. The Morgan fingerprint density at radius 1 is 1.09 bits per heavy atom. The summed E-state index contributed by atoms with van der Waals surface area (Å²) >= 11 is 8.10. The summed E-state index contributed by atoms with van der Waals surface area (Å²) in [5.74, 6) is -0.291. The molecule has 4 aromatic rings. The van der Waals surface area contributed by atoms with Crippen LogP contribution in [-0.4, -0.2) is 9.97 Å². The van der Waals surface area contributed by atoms with E-state index in [1.165, 1.54) is 12.1 Å². The van der Waals surface area contributed by atoms with Crippen molar-refractivity contribution in [1.29, 1.82) is 0 Å². The monoisotopic (exact) mass is 328 g/mol. The zero-order valence-corrected chi connectivity index (χ0v) is 13.2. The van der Waals surface area contributed by atoms with E-state index >= 15 is 0 Å². The molecule has 2 heterocycles. The van der Waals surface area contributed by atoms with Crippen LogP contribution in [0.5, 0.6) is 0 Å². The number of pyridine rings is 1. The minimum atomic E-state index is -0.291. The summed E-state index contributed by atoms with van der Waals surface area (Å²) in [7, 11) is 0. The molecule has 0 aliphatic carbocycles. The highest BCUT2D eigenvalue weighted by atomic mass is 35.5. The second-order valence-electron chi connectivity index (χ2n) is 5.04. The van der Waals surface area contributed by atoms with Crippen LogP contribution >= 0.6 is 22.9 Å². The van der Waals surface area contributed by atoms with Gasteiger partial charge < -0.3 is 0 Å². The van der Waals surface area contributed by atoms with Crippen molar-refractivity contribution in [1.82, 2.24) is 9.97 Å². The molecule has 0 saturated heterocycles. The second kappa shape index (κ2) is 5.00. The lowest BCUT2D eigenvalue weighted by molar-refractivity contribution is 0.628. The molecule has 0 radical (unpaired) electrons. The summed E-state index contributed by atoms with van der Waals surface area (Å²) < 4.78 is 14.5. The summed E-state index contributed by atoms with van der Waals surface area (Å²) in [4.78, 5) is 9.17. The van der Waals surface area contributed by atoms with Gasteiger partial charge in [0.2, 0.25) is 0 Å². The number of rotatable bonds is 1. The molecule has 0 saturated carbocycles. The van der Waals surface area contributed by atoms with Gasteiger partial charge >= 0.3 is 0 Å². The van der Waals surface area contributed by atoms with Crippen LogP contribution < -0.4 is 0 Å². The van der Waals surface area contributed by atoms with E-state index in [1.54, 1.807) is 23.5 Å². The van der Waals surface area contributed by atoms with E-state index in [9.17, 15) is 4.39 Å². The Morgan fingerprint density at radius 3 is 2.77 bits per heavy atom. The highest BCUT2D eigenvalue weighted by Gasteiger charge is 2.12. The Labute approximate surface area is 135 Å². The van der Waals surface area contributed by atoms with E-state index in [-0.39, 0.29) is 5.82 Å². The van der Waals surface area contributed by atoms with Gasteiger partial charge in [0.15, 0.2) is 0 Å². The lowest BCUT2D eigenvalue weighted by Gasteiger charge is -2.06. The maximum absolute atomic E-state index is 13.4. The van der Waals surface area contributed by atoms with Crippen molar-refractivity contribution in [3.8, 4) is 11.3 Å². The number of aryl methyl sites for hydroxylation is 1. The molecule has 5 heteroatoms. The molecule has 0 aliphatic rings. The largest absolute Gasteiger partial charge is 0.248 e. The number of fused-ring (bicyclic) bond motifs is 3. The molecule has 0 N–H and O–H groups in total. The van der Waals surface area contributed by atoms with Gasteiger partial charge in [-0.15, -0.1) is 11.3 Å². The lowest BCUT2D eigenvalue weighted by Crippen LogP contribution is -1.88. The van der Waals surface area contributed by atoms with Gasteiger partial charge in [0, 0.05) is 10.9 Å². The third-order valence-corrected chi connectivity index (χ3v) is 4.74. The van der Waals surface area contributed by atoms with Crippen molar-refractivity contribution in [3.63, 3.8) is 0 Å². The third kappa shape index (κ3) is 2.16. The van der Waals surface area contributed by atoms with Gasteiger partial charge in [-0.3, -0.25) is 0 Å². The Bertz CT molecular complexity index is 1030. The Hall–Kier alpha value is -2.04. The topological polar surface area (TPSA) is 25.8 Å². The first-order chi connectivity index (χ1) is 10.6. The third-order valence-electron chi connectivity index (χ3n) is 3.51. The molecule has 4 rings (SSSR count). The Morgan fingerprint density at radius 2 is 1.95 bits per heavy atom. The van der Waals surface area contributed by atoms with E-state index in [4.69, 9.17) is 11.6 Å². The molecule has 0 amide bonds. The Balaban J connectivity index is 2.03. The van der Waals surface area contributed by atoms with Crippen LogP contribution in [0.15, 0.2) is 42.5 Å². The number of hydrogen-bond acceptors (Lipinski definition) is 3. The first kappa shape index (κ1) is 13.6. The minimum absolute atomic E-state index is 0.291. The molecular weight excluding hydrogens is 319 g/mol. The van der Waals surface area contributed by atoms with Crippen LogP contribution in [-0.2, 0) is 0 Å². The maximum atomic E-state index is 13.4. The van der Waals surface area contributed by atoms with Gasteiger partial charge in [0.1, 0.15) is 5.82 Å². The molecule has 0 bridgehead atoms. The molecule has 22 heavy (non-hydrogen) atoms. The van der Waals surface area contributed by atoms with Crippen LogP contribution in [0, 0.1) is 12.7 Å². The smallest absolute Gasteiger partial charge is 0.123 e. The molecule has 0 fully saturated rings. The molecular formula is C17H10ClFN2S. The zero-order valence-electron chi connectivity index (χ0n) is 11.6. The summed E-state index contributed by atoms with van der Waals surface area (Å²) in [5, 5.41) is 2.43. The van der Waals surface area contributed by atoms with Gasteiger partial charge in [-0.05, 0) is 37.3 Å². The van der Waals surface area contributed by atoms with Crippen LogP contribution in [0.2, 0.25) is 5.02 Å². The molecule has 108 valence electrons. The molecule has 2 aromatic heterocycles. The molecule has 0 aliphatic heterocycles. The second-order valence-corrected chi connectivity index (χ2v) is 6.68. The van der Waals surface area contributed by atoms with Crippen molar-refractivity contribution >= 4 is 44.1 Å². The lowest BCUT2D eigenvalue weighted by atomic mass is 10.1. The number of hydrogen-bond donors (Lipinski definition) is 0. The highest BCUT2D eigenvalue weighted by molar-refractivity contribution is 7.18. The maximum Gasteiger partial charge on any atom is 0.123 e. The van der Waals surface area contributed by atoms with E-state index in [0.29, 0.717) is 16.3 Å². The summed E-state index contributed by atoms with van der Waals surface area (Å²) in [6.45, 7) is 1.97. The standard InChI is InChI=1S/C17H10ClFN2S/c1-9-20-17-15(22-9)6-5-13-16(17)12(18)8-14(21-13)10-3-2-4-11(19)7-10/h2-8H,1H3. The number of thiazole rings is 1. The van der Waals surface area contributed by atoms with Crippen LogP contribution in [0.4, 0.5) is 4.39 Å². The molecule has 0 spiro atoms. The van der Waals surface area contributed by atoms with Crippen molar-refractivity contribution in [2.24, 2.45) is 0 Å². The van der Waals surface area contributed by atoms with E-state index < -0.39 is 0 Å². The number of aromatic nitrogens is 2. The predicted molar refractivity (Wildman–Crippen MR) is 90.1 cm³/mol. The fourth-order valence-electron chi connectivity index (χ4n) is 2.57. The van der Waals surface area contributed by atoms with Gasteiger partial charge in [-0.1, -0.05) is 23.7 Å². The van der Waals surface area contributed by atoms with Crippen molar-refractivity contribution in [2.45, 2.75) is 6.92 Å². The van der Waals surface area contributed by atoms with Gasteiger partial charge in [0.05, 0.1) is 31.5 Å². The van der Waals surface area contributed by atoms with Crippen LogP contribution in [0.3, 0.4) is 0 Å². The molecule has 2 aromatic carbocycles. The number of nitrogens with zero attached hydrogens (tertiary/aromatic N) is 2. The minimum Gasteiger partial charge on any atom is -0.248 e. The Kier molecular flexibility index (Phi) is 3.10. The average molecular weight is 329 g/mol. The van der Waals surface area contributed by atoms with Gasteiger partial charge in [-0.2, -0.15) is 0 Å². The number of benzene rings is 2. The van der Waals surface area contributed by atoms with E-state index in [0.717, 1.165) is 26.1 Å². The van der Waals surface area contributed by atoms with Crippen molar-refractivity contribution < 1.29 is 4.39 Å². The zero-order chi connectivity index (χ0) is 15.3. The summed E-state index contributed by atoms with van der Waals surface area (Å²) in [6.07, 6.45) is 0. The first-order valence-corrected chi connectivity index (χ1v) is 7.93. The average Bonchev–Trinajstić information content (AvgIpc) is 2.87. The fourth-order valence-corrected chi connectivity index (χ4v) is 3.70. The van der Waals surface area contributed by atoms with Crippen LogP contribution in [0.1, 0.15) is 5.01 Å². The molecule has 0 unspecified atom stereocenters. The van der Waals surface area contributed by atoms with E-state index in [1.807, 2.05) is 25.1 Å². The predicted octanol–water partition coefficient (Wildman–Crippen LogP) is 5.61. The summed E-state index contributed by atoms with van der Waals surface area (Å²) in [6, 6.07) is 12.1. The highest BCUT2D eigenvalue weighted by Crippen LogP contribution is 2.35. The quantitative estimate of drug-likeness (QED) is 0.453. The number of halogens is 2. The van der Waals surface area contributed by atoms with Crippen molar-refractivity contribution in [2.75, 3.05) is 0 Å². The normalized spacial score (nSPS) is 11.4. The van der Waals surface area contributed by atoms with Crippen LogP contribution in [0.25, 0.3) is 32.4 Å². The molecule has 2 nitrogen and oxygen atoms in total. The van der Waals surface area contributed by atoms with E-state index in [2.05, 4.69) is 9.97 Å². The summed E-state index contributed by atoms with van der Waals surface area (Å²) in [5.41, 5.74) is 3.01. The SMILES string of the molecule is Cc1nc2c(ccc3nc(-c4cccc(F)c4)cc(Cl)c32)s1. The van der Waals surface area contributed by atoms with Crippen molar-refractivity contribution in [3.05, 3.63) is 58.3 Å². The van der Waals surface area contributed by atoms with Gasteiger partial charge in [0.25, 0.3) is 0 Å². The first-order valence-electron chi connectivity index (χ1n) is 6.74.